The Hall–Kier alpha value is -2.38. The van der Waals surface area contributed by atoms with E-state index in [4.69, 9.17) is 9.94 Å². The molecular formula is C30H50N3O4+. The molecule has 1 aromatic carbocycles. The SMILES string of the molecule is CC(C)C[C@@H](/C=C/C(Cc1ccccc1)C(=O)NC1CC(C)(C)N([OH2+])C(C)(C)C1)NC(=O)OC(C)(C)C. The smallest absolute Gasteiger partial charge is 0.408 e. The summed E-state index contributed by atoms with van der Waals surface area (Å²) >= 11 is 0. The van der Waals surface area contributed by atoms with Gasteiger partial charge in [-0.2, -0.15) is 0 Å². The zero-order chi connectivity index (χ0) is 28.0. The van der Waals surface area contributed by atoms with E-state index < -0.39 is 17.6 Å². The molecule has 2 atom stereocenters. The summed E-state index contributed by atoms with van der Waals surface area (Å²) in [5, 5.41) is 16.5. The monoisotopic (exact) mass is 516 g/mol. The van der Waals surface area contributed by atoms with Crippen LogP contribution in [0, 0.1) is 11.8 Å². The Kier molecular flexibility index (Phi) is 10.4. The first kappa shape index (κ1) is 30.8. The summed E-state index contributed by atoms with van der Waals surface area (Å²) in [4.78, 5) is 26.1. The van der Waals surface area contributed by atoms with Crippen molar-refractivity contribution in [3.8, 4) is 0 Å². The van der Waals surface area contributed by atoms with E-state index in [0.717, 1.165) is 12.0 Å². The number of benzene rings is 1. The largest absolute Gasteiger partial charge is 0.444 e. The van der Waals surface area contributed by atoms with Crippen LogP contribution in [0.2, 0.25) is 0 Å². The van der Waals surface area contributed by atoms with E-state index in [2.05, 4.69) is 52.2 Å². The summed E-state index contributed by atoms with van der Waals surface area (Å²) in [7, 11) is 0. The van der Waals surface area contributed by atoms with Gasteiger partial charge in [0.05, 0.1) is 23.0 Å². The lowest BCUT2D eigenvalue weighted by Gasteiger charge is -2.48. The molecule has 2 amide bonds. The van der Waals surface area contributed by atoms with Gasteiger partial charge < -0.3 is 20.6 Å². The van der Waals surface area contributed by atoms with Crippen LogP contribution in [0.3, 0.4) is 0 Å². The second-order valence-electron chi connectivity index (χ2n) is 13.1. The fraction of sp³-hybridized carbons (Fsp3) is 0.667. The Morgan fingerprint density at radius 1 is 1.08 bits per heavy atom. The topological polar surface area (TPSA) is 93.6 Å². The summed E-state index contributed by atoms with van der Waals surface area (Å²) in [6.45, 7) is 18.0. The third-order valence-electron chi connectivity index (χ3n) is 6.69. The van der Waals surface area contributed by atoms with E-state index in [1.54, 1.807) is 5.06 Å². The van der Waals surface area contributed by atoms with Crippen molar-refractivity contribution in [3.63, 3.8) is 0 Å². The van der Waals surface area contributed by atoms with Gasteiger partial charge in [-0.25, -0.2) is 4.79 Å². The molecule has 1 unspecified atom stereocenters. The fourth-order valence-electron chi connectivity index (χ4n) is 5.23. The quantitative estimate of drug-likeness (QED) is 0.352. The van der Waals surface area contributed by atoms with Crippen molar-refractivity contribution in [2.24, 2.45) is 11.8 Å². The van der Waals surface area contributed by atoms with Crippen LogP contribution in [0.1, 0.15) is 87.1 Å². The predicted molar refractivity (Wildman–Crippen MR) is 150 cm³/mol. The molecule has 0 spiro atoms. The predicted octanol–water partition coefficient (Wildman–Crippen LogP) is 5.12. The number of carbonyl (C=O) groups excluding carboxylic acids is 2. The van der Waals surface area contributed by atoms with Gasteiger partial charge in [-0.1, -0.05) is 61.4 Å². The summed E-state index contributed by atoms with van der Waals surface area (Å²) < 4.78 is 5.47. The second kappa shape index (κ2) is 12.4. The summed E-state index contributed by atoms with van der Waals surface area (Å²) in [6, 6.07) is 9.73. The number of nitrogens with zero attached hydrogens (tertiary/aromatic N) is 1. The molecule has 1 heterocycles. The van der Waals surface area contributed by atoms with Crippen LogP contribution in [0.25, 0.3) is 0 Å². The molecule has 208 valence electrons. The van der Waals surface area contributed by atoms with Crippen molar-refractivity contribution >= 4 is 12.0 Å². The minimum atomic E-state index is -0.581. The third kappa shape index (κ3) is 10.1. The van der Waals surface area contributed by atoms with Crippen LogP contribution in [-0.4, -0.2) is 51.0 Å². The number of rotatable bonds is 9. The molecule has 4 N–H and O–H groups in total. The number of alkyl carbamates (subject to hydrolysis) is 1. The first-order valence-electron chi connectivity index (χ1n) is 13.5. The molecule has 0 saturated carbocycles. The molecule has 1 aliphatic heterocycles. The first-order chi connectivity index (χ1) is 17.0. The molecule has 37 heavy (non-hydrogen) atoms. The molecule has 1 fully saturated rings. The van der Waals surface area contributed by atoms with Gasteiger partial charge in [0.15, 0.2) is 0 Å². The highest BCUT2D eigenvalue weighted by Crippen LogP contribution is 2.36. The highest BCUT2D eigenvalue weighted by molar-refractivity contribution is 5.81. The van der Waals surface area contributed by atoms with Crippen molar-refractivity contribution in [2.45, 2.75) is 117 Å². The van der Waals surface area contributed by atoms with Crippen LogP contribution in [-0.2, 0) is 16.0 Å². The molecule has 0 aromatic heterocycles. The minimum Gasteiger partial charge on any atom is -0.444 e. The van der Waals surface area contributed by atoms with Gasteiger partial charge in [0.1, 0.15) is 5.60 Å². The van der Waals surface area contributed by atoms with Gasteiger partial charge in [-0.05, 0) is 85.6 Å². The highest BCUT2D eigenvalue weighted by Gasteiger charge is 2.49. The Bertz CT molecular complexity index is 901. The maximum absolute atomic E-state index is 13.6. The number of ether oxygens (including phenoxy) is 1. The van der Waals surface area contributed by atoms with Crippen LogP contribution < -0.4 is 10.6 Å². The van der Waals surface area contributed by atoms with Gasteiger partial charge in [-0.3, -0.25) is 4.79 Å². The van der Waals surface area contributed by atoms with Gasteiger partial charge >= 0.3 is 6.09 Å². The molecular weight excluding hydrogens is 466 g/mol. The molecule has 0 aliphatic carbocycles. The lowest BCUT2D eigenvalue weighted by atomic mass is 9.78. The zero-order valence-electron chi connectivity index (χ0n) is 24.4. The number of carbonyl (C=O) groups is 2. The number of piperidine rings is 1. The average molecular weight is 517 g/mol. The normalized spacial score (nSPS) is 20.0. The second-order valence-corrected chi connectivity index (χ2v) is 13.1. The van der Waals surface area contributed by atoms with Crippen molar-refractivity contribution in [3.05, 3.63) is 48.0 Å². The highest BCUT2D eigenvalue weighted by atomic mass is 16.6. The Morgan fingerprint density at radius 3 is 2.16 bits per heavy atom. The van der Waals surface area contributed by atoms with Crippen molar-refractivity contribution < 1.29 is 19.5 Å². The summed E-state index contributed by atoms with van der Waals surface area (Å²) in [5.74, 6) is -0.0704. The lowest BCUT2D eigenvalue weighted by Crippen LogP contribution is -2.63. The number of hydroxylamine groups is 2. The maximum atomic E-state index is 13.6. The van der Waals surface area contributed by atoms with Gasteiger partial charge in [0.2, 0.25) is 5.91 Å². The van der Waals surface area contributed by atoms with Gasteiger partial charge in [0.25, 0.3) is 0 Å². The molecule has 7 heteroatoms. The lowest BCUT2D eigenvalue weighted by molar-refractivity contribution is -0.246. The molecule has 1 aromatic rings. The molecule has 1 saturated heterocycles. The Labute approximate surface area is 224 Å². The van der Waals surface area contributed by atoms with Crippen LogP contribution in [0.4, 0.5) is 4.79 Å². The van der Waals surface area contributed by atoms with Crippen molar-refractivity contribution in [1.29, 1.82) is 0 Å². The third-order valence-corrected chi connectivity index (χ3v) is 6.69. The molecule has 7 nitrogen and oxygen atoms in total. The van der Waals surface area contributed by atoms with Crippen LogP contribution in [0.5, 0.6) is 0 Å². The van der Waals surface area contributed by atoms with E-state index in [-0.39, 0.29) is 29.1 Å². The zero-order valence-corrected chi connectivity index (χ0v) is 24.4. The van der Waals surface area contributed by atoms with E-state index in [0.29, 0.717) is 25.2 Å². The van der Waals surface area contributed by atoms with Crippen molar-refractivity contribution in [1.82, 2.24) is 15.7 Å². The first-order valence-corrected chi connectivity index (χ1v) is 13.5. The Morgan fingerprint density at radius 2 is 1.65 bits per heavy atom. The maximum Gasteiger partial charge on any atom is 0.408 e. The van der Waals surface area contributed by atoms with Crippen LogP contribution in [0.15, 0.2) is 42.5 Å². The van der Waals surface area contributed by atoms with Gasteiger partial charge in [-0.15, -0.1) is 0 Å². The number of amides is 2. The van der Waals surface area contributed by atoms with E-state index in [9.17, 15) is 9.59 Å². The summed E-state index contributed by atoms with van der Waals surface area (Å²) in [6.07, 6.45) is 6.14. The van der Waals surface area contributed by atoms with Crippen molar-refractivity contribution in [2.75, 3.05) is 0 Å². The van der Waals surface area contributed by atoms with Gasteiger partial charge in [0, 0.05) is 6.04 Å². The molecule has 2 rings (SSSR count). The fourth-order valence-corrected chi connectivity index (χ4v) is 5.23. The molecule has 1 aliphatic rings. The Balaban J connectivity index is 2.24. The number of hydrogen-bond donors (Lipinski definition) is 2. The number of hydrogen-bond acceptors (Lipinski definition) is 4. The van der Waals surface area contributed by atoms with Crippen LogP contribution >= 0.6 is 0 Å². The minimum absolute atomic E-state index is 0.0166. The molecule has 0 bridgehead atoms. The summed E-state index contributed by atoms with van der Waals surface area (Å²) in [5.41, 5.74) is -0.189. The average Bonchev–Trinajstić information content (AvgIpc) is 2.73. The standard InChI is InChI=1S/C30H49N3O4/c1-21(2)17-24(32-27(35)37-28(3,4)5)16-15-23(18-22-13-11-10-12-14-22)26(34)31-25-19-29(6,7)33(36)30(8,9)20-25/h10-16,21,23-25,36H,17-20H2,1-9H3,(H,31,34)(H,32,35)/p+1/b16-15+/t23?,24-/m1/s1. The van der Waals surface area contributed by atoms with E-state index in [1.165, 1.54) is 0 Å². The molecule has 0 radical (unpaired) electrons. The van der Waals surface area contributed by atoms with E-state index in [1.807, 2.05) is 63.3 Å². The van der Waals surface area contributed by atoms with E-state index >= 15 is 0 Å². The number of nitrogens with one attached hydrogen (secondary N) is 2.